The molecule has 1 aromatic heterocycles. The Morgan fingerprint density at radius 2 is 1.83 bits per heavy atom. The molecule has 2 amide bonds. The highest BCUT2D eigenvalue weighted by molar-refractivity contribution is 5.99. The minimum Gasteiger partial charge on any atom is -0.349 e. The van der Waals surface area contributed by atoms with Gasteiger partial charge in [0.25, 0.3) is 11.8 Å². The smallest absolute Gasteiger partial charge is 0.253 e. The number of carbonyl (C=O) groups is 2. The summed E-state index contributed by atoms with van der Waals surface area (Å²) in [7, 11) is 0. The highest BCUT2D eigenvalue weighted by Gasteiger charge is 2.14. The molecule has 0 aliphatic heterocycles. The summed E-state index contributed by atoms with van der Waals surface area (Å²) in [5.41, 5.74) is 1.69. The molecular weight excluding hydrogens is 290 g/mol. The summed E-state index contributed by atoms with van der Waals surface area (Å²) in [5.74, 6) is -0.560. The standard InChI is InChI=1S/C18H19N3O2/c1-3-9-20-17(22)15-10-16(12-19-11-15)18(23)21-13(2)14-7-5-4-6-8-14/h3-8,10-13H,1,9H2,2H3,(H,20,22)(H,21,23). The van der Waals surface area contributed by atoms with Crippen molar-refractivity contribution >= 4 is 11.8 Å². The Morgan fingerprint density at radius 3 is 2.48 bits per heavy atom. The Bertz CT molecular complexity index is 698. The molecule has 1 atom stereocenters. The third-order valence-electron chi connectivity index (χ3n) is 3.32. The fourth-order valence-electron chi connectivity index (χ4n) is 2.06. The van der Waals surface area contributed by atoms with Crippen molar-refractivity contribution in [3.63, 3.8) is 0 Å². The van der Waals surface area contributed by atoms with Crippen LogP contribution >= 0.6 is 0 Å². The van der Waals surface area contributed by atoms with Gasteiger partial charge in [0.2, 0.25) is 0 Å². The van der Waals surface area contributed by atoms with Crippen LogP contribution < -0.4 is 10.6 Å². The highest BCUT2D eigenvalue weighted by atomic mass is 16.2. The van der Waals surface area contributed by atoms with E-state index in [0.29, 0.717) is 17.7 Å². The zero-order valence-corrected chi connectivity index (χ0v) is 13.0. The highest BCUT2D eigenvalue weighted by Crippen LogP contribution is 2.12. The summed E-state index contributed by atoms with van der Waals surface area (Å²) >= 11 is 0. The van der Waals surface area contributed by atoms with Gasteiger partial charge in [-0.2, -0.15) is 0 Å². The molecule has 1 unspecified atom stereocenters. The number of hydrogen-bond donors (Lipinski definition) is 2. The summed E-state index contributed by atoms with van der Waals surface area (Å²) in [4.78, 5) is 28.2. The zero-order valence-electron chi connectivity index (χ0n) is 13.0. The largest absolute Gasteiger partial charge is 0.349 e. The van der Waals surface area contributed by atoms with E-state index in [0.717, 1.165) is 5.56 Å². The maximum absolute atomic E-state index is 12.3. The molecule has 0 aliphatic carbocycles. The predicted molar refractivity (Wildman–Crippen MR) is 89.1 cm³/mol. The van der Waals surface area contributed by atoms with Crippen LogP contribution in [0.1, 0.15) is 39.2 Å². The van der Waals surface area contributed by atoms with E-state index in [1.165, 1.54) is 18.5 Å². The van der Waals surface area contributed by atoms with Crippen molar-refractivity contribution < 1.29 is 9.59 Å². The van der Waals surface area contributed by atoms with Crippen molar-refractivity contribution in [3.05, 3.63) is 78.1 Å². The first kappa shape index (κ1) is 16.4. The maximum atomic E-state index is 12.3. The lowest BCUT2D eigenvalue weighted by molar-refractivity contribution is 0.0939. The van der Waals surface area contributed by atoms with Gasteiger partial charge in [-0.25, -0.2) is 0 Å². The maximum Gasteiger partial charge on any atom is 0.253 e. The van der Waals surface area contributed by atoms with Crippen LogP contribution in [0.3, 0.4) is 0 Å². The fraction of sp³-hybridized carbons (Fsp3) is 0.167. The summed E-state index contributed by atoms with van der Waals surface area (Å²) in [6.45, 7) is 5.80. The SMILES string of the molecule is C=CCNC(=O)c1cncc(C(=O)NC(C)c2ccccc2)c1. The minimum absolute atomic E-state index is 0.137. The van der Waals surface area contributed by atoms with E-state index >= 15 is 0 Å². The van der Waals surface area contributed by atoms with Crippen LogP contribution in [0, 0.1) is 0 Å². The summed E-state index contributed by atoms with van der Waals surface area (Å²) in [6.07, 6.45) is 4.45. The van der Waals surface area contributed by atoms with E-state index in [9.17, 15) is 9.59 Å². The summed E-state index contributed by atoms with van der Waals surface area (Å²) in [6, 6.07) is 11.0. The number of aromatic nitrogens is 1. The molecule has 0 aliphatic rings. The van der Waals surface area contributed by atoms with Crippen LogP contribution in [0.25, 0.3) is 0 Å². The molecule has 1 aromatic carbocycles. The number of pyridine rings is 1. The summed E-state index contributed by atoms with van der Waals surface area (Å²) in [5, 5.41) is 5.55. The van der Waals surface area contributed by atoms with Crippen LogP contribution in [0.4, 0.5) is 0 Å². The molecule has 0 saturated carbocycles. The minimum atomic E-state index is -0.289. The van der Waals surface area contributed by atoms with Gasteiger partial charge in [-0.15, -0.1) is 6.58 Å². The average Bonchev–Trinajstić information content (AvgIpc) is 2.60. The van der Waals surface area contributed by atoms with Crippen molar-refractivity contribution in [2.45, 2.75) is 13.0 Å². The number of carbonyl (C=O) groups excluding carboxylic acids is 2. The van der Waals surface area contributed by atoms with E-state index < -0.39 is 0 Å². The molecule has 5 nitrogen and oxygen atoms in total. The normalized spacial score (nSPS) is 11.3. The van der Waals surface area contributed by atoms with Crippen molar-refractivity contribution in [3.8, 4) is 0 Å². The monoisotopic (exact) mass is 309 g/mol. The number of nitrogens with one attached hydrogen (secondary N) is 2. The lowest BCUT2D eigenvalue weighted by Gasteiger charge is -2.14. The second-order valence-corrected chi connectivity index (χ2v) is 5.07. The molecule has 2 N–H and O–H groups in total. The van der Waals surface area contributed by atoms with Gasteiger partial charge in [-0.1, -0.05) is 36.4 Å². The Morgan fingerprint density at radius 1 is 1.17 bits per heavy atom. The molecule has 23 heavy (non-hydrogen) atoms. The molecule has 118 valence electrons. The van der Waals surface area contributed by atoms with Crippen molar-refractivity contribution in [2.75, 3.05) is 6.54 Å². The van der Waals surface area contributed by atoms with Crippen LogP contribution in [0.15, 0.2) is 61.4 Å². The Balaban J connectivity index is 2.07. The van der Waals surface area contributed by atoms with Crippen molar-refractivity contribution in [1.29, 1.82) is 0 Å². The molecule has 1 heterocycles. The van der Waals surface area contributed by atoms with E-state index in [-0.39, 0.29) is 17.9 Å². The number of rotatable bonds is 6. The van der Waals surface area contributed by atoms with Gasteiger partial charge in [0.05, 0.1) is 17.2 Å². The quantitative estimate of drug-likeness (QED) is 0.805. The summed E-state index contributed by atoms with van der Waals surface area (Å²) < 4.78 is 0. The van der Waals surface area contributed by atoms with Crippen molar-refractivity contribution in [1.82, 2.24) is 15.6 Å². The van der Waals surface area contributed by atoms with Crippen LogP contribution in [0.5, 0.6) is 0 Å². The van der Waals surface area contributed by atoms with Crippen LogP contribution in [0.2, 0.25) is 0 Å². The number of nitrogens with zero attached hydrogens (tertiary/aromatic N) is 1. The van der Waals surface area contributed by atoms with Gasteiger partial charge in [0.15, 0.2) is 0 Å². The average molecular weight is 309 g/mol. The first-order valence-corrected chi connectivity index (χ1v) is 7.31. The third kappa shape index (κ3) is 4.51. The lowest BCUT2D eigenvalue weighted by atomic mass is 10.1. The van der Waals surface area contributed by atoms with Crippen LogP contribution in [-0.4, -0.2) is 23.3 Å². The molecule has 5 heteroatoms. The topological polar surface area (TPSA) is 71.1 Å². The molecule has 2 aromatic rings. The van der Waals surface area contributed by atoms with Gasteiger partial charge in [-0.05, 0) is 18.6 Å². The van der Waals surface area contributed by atoms with Crippen LogP contribution in [-0.2, 0) is 0 Å². The molecule has 0 bridgehead atoms. The van der Waals surface area contributed by atoms with Crippen molar-refractivity contribution in [2.24, 2.45) is 0 Å². The Labute approximate surface area is 135 Å². The van der Waals surface area contributed by atoms with Gasteiger partial charge in [0.1, 0.15) is 0 Å². The Hall–Kier alpha value is -2.95. The molecule has 2 rings (SSSR count). The zero-order chi connectivity index (χ0) is 16.7. The van der Waals surface area contributed by atoms with E-state index in [1.54, 1.807) is 6.08 Å². The van der Waals surface area contributed by atoms with E-state index in [4.69, 9.17) is 0 Å². The van der Waals surface area contributed by atoms with E-state index in [1.807, 2.05) is 37.3 Å². The lowest BCUT2D eigenvalue weighted by Crippen LogP contribution is -2.28. The second-order valence-electron chi connectivity index (χ2n) is 5.07. The van der Waals surface area contributed by atoms with Gasteiger partial charge < -0.3 is 10.6 Å². The number of amides is 2. The predicted octanol–water partition coefficient (Wildman–Crippen LogP) is 2.49. The number of hydrogen-bond acceptors (Lipinski definition) is 3. The fourth-order valence-corrected chi connectivity index (χ4v) is 2.06. The Kier molecular flexibility index (Phi) is 5.63. The molecule has 0 fully saturated rings. The van der Waals surface area contributed by atoms with Gasteiger partial charge in [0, 0.05) is 18.9 Å². The molecular formula is C18H19N3O2. The van der Waals surface area contributed by atoms with Gasteiger partial charge in [-0.3, -0.25) is 14.6 Å². The van der Waals surface area contributed by atoms with Gasteiger partial charge >= 0.3 is 0 Å². The van der Waals surface area contributed by atoms with E-state index in [2.05, 4.69) is 22.2 Å². The second kappa shape index (κ2) is 7.89. The first-order valence-electron chi connectivity index (χ1n) is 7.31. The molecule has 0 saturated heterocycles. The molecule has 0 spiro atoms. The number of benzene rings is 1. The first-order chi connectivity index (χ1) is 11.1. The molecule has 0 radical (unpaired) electrons. The third-order valence-corrected chi connectivity index (χ3v) is 3.32.